The average Bonchev–Trinajstić information content (AvgIpc) is 1.06. The first-order valence-corrected chi connectivity index (χ1v) is 44.8. The van der Waals surface area contributed by atoms with Gasteiger partial charge in [0.05, 0.1) is 26.4 Å². The van der Waals surface area contributed by atoms with Crippen LogP contribution in [0.3, 0.4) is 0 Å². The zero-order valence-corrected chi connectivity index (χ0v) is 66.3. The highest BCUT2D eigenvalue weighted by Crippen LogP contribution is 2.45. The van der Waals surface area contributed by atoms with Crippen LogP contribution < -0.4 is 0 Å². The summed E-state index contributed by atoms with van der Waals surface area (Å²) in [6.45, 7) is 4.97. The van der Waals surface area contributed by atoms with E-state index in [-0.39, 0.29) is 25.7 Å². The Morgan fingerprint density at radius 1 is 0.242 bits per heavy atom. The molecule has 19 heteroatoms. The van der Waals surface area contributed by atoms with Crippen LogP contribution in [0.15, 0.2) is 0 Å². The van der Waals surface area contributed by atoms with E-state index in [0.29, 0.717) is 25.7 Å². The molecule has 0 amide bonds. The minimum absolute atomic E-state index is 0.106. The second kappa shape index (κ2) is 74.3. The van der Waals surface area contributed by atoms with Crippen LogP contribution in [0.5, 0.6) is 0 Å². The molecular formula is C80H156O17P2. The number of rotatable bonds is 81. The van der Waals surface area contributed by atoms with E-state index >= 15 is 0 Å². The van der Waals surface area contributed by atoms with Gasteiger partial charge < -0.3 is 33.8 Å². The number of carbonyl (C=O) groups is 4. The van der Waals surface area contributed by atoms with Crippen LogP contribution in [0.4, 0.5) is 0 Å². The van der Waals surface area contributed by atoms with Gasteiger partial charge in [-0.2, -0.15) is 0 Å². The Morgan fingerprint density at radius 3 is 0.596 bits per heavy atom. The molecule has 0 saturated carbocycles. The molecule has 0 radical (unpaired) electrons. The summed E-state index contributed by atoms with van der Waals surface area (Å²) in [6.07, 6.45) is 66.9. The Bertz CT molecular complexity index is 1880. The normalized spacial score (nSPS) is 13.8. The van der Waals surface area contributed by atoms with Crippen molar-refractivity contribution in [3.63, 3.8) is 0 Å². The quantitative estimate of drug-likeness (QED) is 0.0222. The summed E-state index contributed by atoms with van der Waals surface area (Å²) in [6, 6.07) is 0. The maximum atomic E-state index is 13.1. The number of aliphatic hydroxyl groups is 1. The van der Waals surface area contributed by atoms with Crippen molar-refractivity contribution in [3.05, 3.63) is 0 Å². The van der Waals surface area contributed by atoms with Crippen molar-refractivity contribution >= 4 is 39.5 Å². The average molecular weight is 1450 g/mol. The van der Waals surface area contributed by atoms with Crippen molar-refractivity contribution in [3.8, 4) is 0 Å². The summed E-state index contributed by atoms with van der Waals surface area (Å²) in [4.78, 5) is 72.8. The van der Waals surface area contributed by atoms with Crippen molar-refractivity contribution in [2.75, 3.05) is 39.6 Å². The van der Waals surface area contributed by atoms with Gasteiger partial charge in [-0.3, -0.25) is 37.3 Å². The first kappa shape index (κ1) is 97.1. The van der Waals surface area contributed by atoms with Gasteiger partial charge in [-0.25, -0.2) is 9.13 Å². The second-order valence-electron chi connectivity index (χ2n) is 28.8. The molecule has 0 saturated heterocycles. The molecule has 0 aromatic carbocycles. The molecule has 2 unspecified atom stereocenters. The number of phosphoric ester groups is 2. The zero-order chi connectivity index (χ0) is 72.5. The zero-order valence-electron chi connectivity index (χ0n) is 64.5. The van der Waals surface area contributed by atoms with Crippen LogP contribution in [-0.2, 0) is 65.4 Å². The molecule has 0 fully saturated rings. The number of phosphoric acid groups is 2. The summed E-state index contributed by atoms with van der Waals surface area (Å²) in [5, 5.41) is 10.6. The predicted octanol–water partition coefficient (Wildman–Crippen LogP) is 24.2. The first-order valence-electron chi connectivity index (χ1n) is 41.8. The lowest BCUT2D eigenvalue weighted by molar-refractivity contribution is -0.161. The van der Waals surface area contributed by atoms with Gasteiger partial charge >= 0.3 is 39.5 Å². The summed E-state index contributed by atoms with van der Waals surface area (Å²) in [7, 11) is -9.91. The monoisotopic (exact) mass is 1450 g/mol. The standard InChI is InChI=1S/C80H156O17P2/c1-5-9-13-17-21-25-27-29-31-33-35-36-37-39-41-43-45-47-51-55-59-63-67-80(85)97-76(71-91-78(83)65-61-57-53-50-46-44-42-40-38-34-32-30-28-26-22-18-14-10-6-2)73-95-99(88,89)93-69-74(81)68-92-98(86,87)94-72-75(96-79(84)66-62-58-54-49-24-20-16-12-8-4)70-90-77(82)64-60-56-52-48-23-19-15-11-7-3/h74-76,81H,5-73H2,1-4H3,(H,86,87)(H,88,89)/t74-,75+,76+/m0/s1. The Morgan fingerprint density at radius 2 is 0.404 bits per heavy atom. The highest BCUT2D eigenvalue weighted by atomic mass is 31.2. The molecule has 0 heterocycles. The smallest absolute Gasteiger partial charge is 0.462 e. The largest absolute Gasteiger partial charge is 0.472 e. The van der Waals surface area contributed by atoms with Crippen molar-refractivity contribution in [2.45, 2.75) is 451 Å². The third-order valence-electron chi connectivity index (χ3n) is 18.9. The lowest BCUT2D eigenvalue weighted by Crippen LogP contribution is -2.30. The van der Waals surface area contributed by atoms with E-state index in [4.69, 9.17) is 37.0 Å². The summed E-state index contributed by atoms with van der Waals surface area (Å²) in [5.74, 6) is -2.11. The van der Waals surface area contributed by atoms with E-state index in [1.807, 2.05) is 0 Å². The molecule has 0 aliphatic rings. The van der Waals surface area contributed by atoms with Crippen molar-refractivity contribution in [1.29, 1.82) is 0 Å². The fourth-order valence-electron chi connectivity index (χ4n) is 12.5. The van der Waals surface area contributed by atoms with Gasteiger partial charge in [0.25, 0.3) is 0 Å². The molecular weight excluding hydrogens is 1290 g/mol. The van der Waals surface area contributed by atoms with Crippen molar-refractivity contribution in [1.82, 2.24) is 0 Å². The van der Waals surface area contributed by atoms with Crippen molar-refractivity contribution < 1.29 is 80.2 Å². The molecule has 0 rings (SSSR count). The topological polar surface area (TPSA) is 237 Å². The maximum absolute atomic E-state index is 13.1. The Kier molecular flexibility index (Phi) is 72.9. The number of aliphatic hydroxyl groups excluding tert-OH is 1. The van der Waals surface area contributed by atoms with Gasteiger partial charge in [-0.1, -0.05) is 381 Å². The van der Waals surface area contributed by atoms with Gasteiger partial charge in [0.1, 0.15) is 19.3 Å². The minimum atomic E-state index is -4.96. The molecule has 0 aromatic heterocycles. The lowest BCUT2D eigenvalue weighted by atomic mass is 10.0. The number of hydrogen-bond acceptors (Lipinski definition) is 15. The molecule has 0 spiro atoms. The molecule has 0 aliphatic heterocycles. The Labute approximate surface area is 607 Å². The second-order valence-corrected chi connectivity index (χ2v) is 31.7. The van der Waals surface area contributed by atoms with Crippen LogP contribution in [0.2, 0.25) is 0 Å². The third-order valence-corrected chi connectivity index (χ3v) is 20.8. The van der Waals surface area contributed by atoms with Gasteiger partial charge in [0, 0.05) is 25.7 Å². The van der Waals surface area contributed by atoms with Crippen LogP contribution >= 0.6 is 15.6 Å². The van der Waals surface area contributed by atoms with Crippen LogP contribution in [-0.4, -0.2) is 96.7 Å². The molecule has 17 nitrogen and oxygen atoms in total. The molecule has 99 heavy (non-hydrogen) atoms. The molecule has 0 aliphatic carbocycles. The first-order chi connectivity index (χ1) is 48.2. The van der Waals surface area contributed by atoms with Gasteiger partial charge in [0.2, 0.25) is 0 Å². The fraction of sp³-hybridized carbons (Fsp3) is 0.950. The minimum Gasteiger partial charge on any atom is -0.462 e. The third kappa shape index (κ3) is 74.1. The van der Waals surface area contributed by atoms with Crippen LogP contribution in [0.25, 0.3) is 0 Å². The van der Waals surface area contributed by atoms with E-state index in [1.165, 1.54) is 263 Å². The molecule has 5 atom stereocenters. The number of esters is 4. The molecule has 0 bridgehead atoms. The molecule has 3 N–H and O–H groups in total. The van der Waals surface area contributed by atoms with E-state index in [1.54, 1.807) is 0 Å². The highest BCUT2D eigenvalue weighted by molar-refractivity contribution is 7.47. The van der Waals surface area contributed by atoms with Gasteiger partial charge in [-0.15, -0.1) is 0 Å². The molecule has 0 aromatic rings. The van der Waals surface area contributed by atoms with Crippen LogP contribution in [0, 0.1) is 0 Å². The summed E-state index contributed by atoms with van der Waals surface area (Å²) in [5.41, 5.74) is 0. The number of hydrogen-bond donors (Lipinski definition) is 3. The SMILES string of the molecule is CCCCCCCCCCCCCCCCCCCCCCCCC(=O)O[C@H](COC(=O)CCCCCCCCCCCCCCCCCCCCC)COP(=O)(O)OC[C@@H](O)COP(=O)(O)OC[C@@H](COC(=O)CCCCCCCCCCC)OC(=O)CCCCCCCCCCC. The van der Waals surface area contributed by atoms with E-state index < -0.39 is 97.5 Å². The Balaban J connectivity index is 5.14. The van der Waals surface area contributed by atoms with Crippen molar-refractivity contribution in [2.24, 2.45) is 0 Å². The predicted molar refractivity (Wildman–Crippen MR) is 405 cm³/mol. The van der Waals surface area contributed by atoms with E-state index in [0.717, 1.165) is 89.9 Å². The number of unbranched alkanes of at least 4 members (excludes halogenated alkanes) is 55. The summed E-state index contributed by atoms with van der Waals surface area (Å²) < 4.78 is 68.5. The van der Waals surface area contributed by atoms with Gasteiger partial charge in [-0.05, 0) is 25.7 Å². The summed E-state index contributed by atoms with van der Waals surface area (Å²) >= 11 is 0. The fourth-order valence-corrected chi connectivity index (χ4v) is 14.0. The highest BCUT2D eigenvalue weighted by Gasteiger charge is 2.30. The van der Waals surface area contributed by atoms with E-state index in [2.05, 4.69) is 27.7 Å². The van der Waals surface area contributed by atoms with Crippen LogP contribution in [0.1, 0.15) is 432 Å². The lowest BCUT2D eigenvalue weighted by Gasteiger charge is -2.21. The maximum Gasteiger partial charge on any atom is 0.472 e. The van der Waals surface area contributed by atoms with Gasteiger partial charge in [0.15, 0.2) is 12.2 Å². The molecule has 588 valence electrons. The number of ether oxygens (including phenoxy) is 4. The van der Waals surface area contributed by atoms with E-state index in [9.17, 15) is 43.2 Å². The number of carbonyl (C=O) groups excluding carboxylic acids is 4. The Hall–Kier alpha value is -1.94.